The second-order valence-electron chi connectivity index (χ2n) is 4.54. The van der Waals surface area contributed by atoms with Crippen LogP contribution < -0.4 is 5.73 Å². The molecule has 0 heterocycles. The van der Waals surface area contributed by atoms with Crippen LogP contribution in [0.5, 0.6) is 0 Å². The number of rotatable bonds is 3. The SMILES string of the molecule is Nc1cc(C(F)(F)F)ccc1CCc1ccc(Br)cc1. The summed E-state index contributed by atoms with van der Waals surface area (Å²) in [7, 11) is 0. The summed E-state index contributed by atoms with van der Waals surface area (Å²) >= 11 is 3.35. The topological polar surface area (TPSA) is 26.0 Å². The summed E-state index contributed by atoms with van der Waals surface area (Å²) in [5.74, 6) is 0. The molecule has 0 amide bonds. The largest absolute Gasteiger partial charge is 0.416 e. The van der Waals surface area contributed by atoms with E-state index >= 15 is 0 Å². The van der Waals surface area contributed by atoms with Gasteiger partial charge in [-0.05, 0) is 48.2 Å². The van der Waals surface area contributed by atoms with Crippen LogP contribution in [0.3, 0.4) is 0 Å². The van der Waals surface area contributed by atoms with Crippen LogP contribution in [0.2, 0.25) is 0 Å². The van der Waals surface area contributed by atoms with Gasteiger partial charge in [0.2, 0.25) is 0 Å². The van der Waals surface area contributed by atoms with Crippen molar-refractivity contribution in [3.05, 3.63) is 63.6 Å². The van der Waals surface area contributed by atoms with Gasteiger partial charge in [0.1, 0.15) is 0 Å². The van der Waals surface area contributed by atoms with E-state index in [9.17, 15) is 13.2 Å². The van der Waals surface area contributed by atoms with Crippen LogP contribution in [0.25, 0.3) is 0 Å². The van der Waals surface area contributed by atoms with Gasteiger partial charge in [0.05, 0.1) is 5.56 Å². The molecule has 0 radical (unpaired) electrons. The zero-order valence-electron chi connectivity index (χ0n) is 10.5. The van der Waals surface area contributed by atoms with Crippen LogP contribution in [0.4, 0.5) is 18.9 Å². The van der Waals surface area contributed by atoms with E-state index < -0.39 is 11.7 Å². The molecule has 1 nitrogen and oxygen atoms in total. The van der Waals surface area contributed by atoms with Crippen LogP contribution >= 0.6 is 15.9 Å². The molecule has 0 spiro atoms. The van der Waals surface area contributed by atoms with E-state index in [1.807, 2.05) is 24.3 Å². The van der Waals surface area contributed by atoms with Gasteiger partial charge in [-0.1, -0.05) is 34.1 Å². The first-order valence-corrected chi connectivity index (χ1v) is 6.85. The summed E-state index contributed by atoms with van der Waals surface area (Å²) in [6, 6.07) is 11.4. The average Bonchev–Trinajstić information content (AvgIpc) is 2.38. The molecule has 0 fully saturated rings. The minimum absolute atomic E-state index is 0.192. The quantitative estimate of drug-likeness (QED) is 0.793. The lowest BCUT2D eigenvalue weighted by Crippen LogP contribution is -2.07. The molecule has 0 bridgehead atoms. The van der Waals surface area contributed by atoms with Gasteiger partial charge in [-0.15, -0.1) is 0 Å². The zero-order chi connectivity index (χ0) is 14.8. The lowest BCUT2D eigenvalue weighted by molar-refractivity contribution is -0.137. The first kappa shape index (κ1) is 14.9. The highest BCUT2D eigenvalue weighted by Crippen LogP contribution is 2.31. The number of nitrogens with two attached hydrogens (primary N) is 1. The molecule has 2 aromatic rings. The number of halogens is 4. The van der Waals surface area contributed by atoms with Crippen molar-refractivity contribution in [1.29, 1.82) is 0 Å². The van der Waals surface area contributed by atoms with E-state index in [-0.39, 0.29) is 5.69 Å². The maximum absolute atomic E-state index is 12.5. The van der Waals surface area contributed by atoms with Crippen molar-refractivity contribution in [2.75, 3.05) is 5.73 Å². The summed E-state index contributed by atoms with van der Waals surface area (Å²) < 4.78 is 38.6. The van der Waals surface area contributed by atoms with Crippen molar-refractivity contribution in [2.24, 2.45) is 0 Å². The minimum atomic E-state index is -4.35. The fraction of sp³-hybridized carbons (Fsp3) is 0.200. The van der Waals surface area contributed by atoms with Gasteiger partial charge in [0, 0.05) is 10.2 Å². The number of benzene rings is 2. The molecule has 0 saturated carbocycles. The molecule has 2 N–H and O–H groups in total. The van der Waals surface area contributed by atoms with E-state index in [2.05, 4.69) is 15.9 Å². The van der Waals surface area contributed by atoms with Crippen molar-refractivity contribution >= 4 is 21.6 Å². The molecular formula is C15H13BrF3N. The Morgan fingerprint density at radius 1 is 0.950 bits per heavy atom. The summed E-state index contributed by atoms with van der Waals surface area (Å²) in [4.78, 5) is 0. The maximum atomic E-state index is 12.5. The molecule has 2 aromatic carbocycles. The lowest BCUT2D eigenvalue weighted by Gasteiger charge is -2.11. The first-order valence-electron chi connectivity index (χ1n) is 6.06. The third-order valence-electron chi connectivity index (χ3n) is 3.07. The molecule has 5 heteroatoms. The van der Waals surface area contributed by atoms with E-state index in [0.29, 0.717) is 6.42 Å². The maximum Gasteiger partial charge on any atom is 0.416 e. The van der Waals surface area contributed by atoms with Gasteiger partial charge in [-0.3, -0.25) is 0 Å². The van der Waals surface area contributed by atoms with Crippen molar-refractivity contribution in [2.45, 2.75) is 19.0 Å². The molecule has 0 aliphatic heterocycles. The van der Waals surface area contributed by atoms with Gasteiger partial charge in [0.15, 0.2) is 0 Å². The zero-order valence-corrected chi connectivity index (χ0v) is 12.1. The number of alkyl halides is 3. The number of hydrogen-bond acceptors (Lipinski definition) is 1. The van der Waals surface area contributed by atoms with Gasteiger partial charge in [-0.2, -0.15) is 13.2 Å². The third-order valence-corrected chi connectivity index (χ3v) is 3.60. The second-order valence-corrected chi connectivity index (χ2v) is 5.45. The molecular weight excluding hydrogens is 331 g/mol. The van der Waals surface area contributed by atoms with Crippen LogP contribution in [-0.4, -0.2) is 0 Å². The number of hydrogen-bond donors (Lipinski definition) is 1. The predicted molar refractivity (Wildman–Crippen MR) is 77.4 cm³/mol. The smallest absolute Gasteiger partial charge is 0.398 e. The first-order chi connectivity index (χ1) is 9.36. The molecule has 0 aliphatic rings. The van der Waals surface area contributed by atoms with Crippen LogP contribution in [0.1, 0.15) is 16.7 Å². The summed E-state index contributed by atoms with van der Waals surface area (Å²) in [5, 5.41) is 0. The fourth-order valence-corrected chi connectivity index (χ4v) is 2.19. The highest BCUT2D eigenvalue weighted by atomic mass is 79.9. The van der Waals surface area contributed by atoms with Crippen LogP contribution in [-0.2, 0) is 19.0 Å². The monoisotopic (exact) mass is 343 g/mol. The summed E-state index contributed by atoms with van der Waals surface area (Å²) in [5.41, 5.74) is 7.04. The molecule has 0 aliphatic carbocycles. The van der Waals surface area contributed by atoms with Crippen molar-refractivity contribution in [3.8, 4) is 0 Å². The number of aryl methyl sites for hydroxylation is 2. The summed E-state index contributed by atoms with van der Waals surface area (Å²) in [6.45, 7) is 0. The highest BCUT2D eigenvalue weighted by Gasteiger charge is 2.30. The molecule has 2 rings (SSSR count). The van der Waals surface area contributed by atoms with Gasteiger partial charge in [0.25, 0.3) is 0 Å². The Bertz CT molecular complexity index is 591. The third kappa shape index (κ3) is 3.76. The minimum Gasteiger partial charge on any atom is -0.398 e. The number of nitrogen functional groups attached to an aromatic ring is 1. The Hall–Kier alpha value is -1.49. The van der Waals surface area contributed by atoms with Crippen LogP contribution in [0.15, 0.2) is 46.9 Å². The van der Waals surface area contributed by atoms with E-state index in [1.165, 1.54) is 6.07 Å². The van der Waals surface area contributed by atoms with E-state index in [4.69, 9.17) is 5.73 Å². The Kier molecular flexibility index (Phi) is 4.38. The number of anilines is 1. The Morgan fingerprint density at radius 2 is 1.60 bits per heavy atom. The molecule has 0 aromatic heterocycles. The summed E-state index contributed by atoms with van der Waals surface area (Å²) in [6.07, 6.45) is -2.99. The van der Waals surface area contributed by atoms with E-state index in [0.717, 1.165) is 34.2 Å². The predicted octanol–water partition coefficient (Wildman–Crippen LogP) is 4.84. The molecule has 106 valence electrons. The molecule has 0 saturated heterocycles. The van der Waals surface area contributed by atoms with Gasteiger partial charge in [-0.25, -0.2) is 0 Å². The average molecular weight is 344 g/mol. The highest BCUT2D eigenvalue weighted by molar-refractivity contribution is 9.10. The van der Waals surface area contributed by atoms with Crippen molar-refractivity contribution in [1.82, 2.24) is 0 Å². The lowest BCUT2D eigenvalue weighted by atomic mass is 10.0. The fourth-order valence-electron chi connectivity index (χ4n) is 1.93. The van der Waals surface area contributed by atoms with E-state index in [1.54, 1.807) is 0 Å². The Morgan fingerprint density at radius 3 is 2.15 bits per heavy atom. The normalized spacial score (nSPS) is 11.6. The van der Waals surface area contributed by atoms with Crippen LogP contribution in [0, 0.1) is 0 Å². The van der Waals surface area contributed by atoms with Gasteiger partial charge >= 0.3 is 6.18 Å². The Balaban J connectivity index is 2.08. The second kappa shape index (κ2) is 5.87. The standard InChI is InChI=1S/C15H13BrF3N/c16-13-7-2-10(3-8-13)1-4-11-5-6-12(9-14(11)20)15(17,18)19/h2-3,5-9H,1,4,20H2. The molecule has 20 heavy (non-hydrogen) atoms. The van der Waals surface area contributed by atoms with Crippen molar-refractivity contribution in [3.63, 3.8) is 0 Å². The van der Waals surface area contributed by atoms with Crippen molar-refractivity contribution < 1.29 is 13.2 Å². The molecule has 0 unspecified atom stereocenters. The van der Waals surface area contributed by atoms with Gasteiger partial charge < -0.3 is 5.73 Å². The Labute approximate surface area is 123 Å². The molecule has 0 atom stereocenters.